The highest BCUT2D eigenvalue weighted by Crippen LogP contribution is 2.24. The Hall–Kier alpha value is -2.70. The van der Waals surface area contributed by atoms with E-state index in [1.807, 2.05) is 24.3 Å². The summed E-state index contributed by atoms with van der Waals surface area (Å²) in [6.45, 7) is 9.77. The van der Waals surface area contributed by atoms with Crippen molar-refractivity contribution < 1.29 is 9.53 Å². The van der Waals surface area contributed by atoms with Gasteiger partial charge in [-0.3, -0.25) is 10.1 Å². The van der Waals surface area contributed by atoms with E-state index in [-0.39, 0.29) is 23.9 Å². The van der Waals surface area contributed by atoms with Crippen molar-refractivity contribution in [3.8, 4) is 5.75 Å². The second-order valence-electron chi connectivity index (χ2n) is 5.73. The average molecular weight is 301 g/mol. The second-order valence-corrected chi connectivity index (χ2v) is 5.73. The van der Waals surface area contributed by atoms with E-state index in [4.69, 9.17) is 4.74 Å². The number of carbonyl (C=O) groups excluding carboxylic acids is 1. The molecule has 0 bridgehead atoms. The van der Waals surface area contributed by atoms with Crippen LogP contribution >= 0.6 is 0 Å². The van der Waals surface area contributed by atoms with Crippen LogP contribution in [0, 0.1) is 0 Å². The zero-order chi connectivity index (χ0) is 16.2. The van der Waals surface area contributed by atoms with Gasteiger partial charge in [-0.05, 0) is 28.3 Å². The number of tetrazole rings is 1. The summed E-state index contributed by atoms with van der Waals surface area (Å²) in [7, 11) is 0. The first-order chi connectivity index (χ1) is 10.4. The van der Waals surface area contributed by atoms with Gasteiger partial charge in [-0.2, -0.15) is 0 Å². The standard InChI is InChI=1S/C15H19N5O2/c1-5-20-18-14(17-19-20)16-13(21)10-22-12-8-6-11(7-9-12)15(2,3)4/h5-9H,1,10H2,2-4H3,(H,16,18,21). The maximum absolute atomic E-state index is 11.7. The smallest absolute Gasteiger partial charge is 0.270 e. The molecule has 2 aromatic rings. The van der Waals surface area contributed by atoms with Crippen molar-refractivity contribution in [3.63, 3.8) is 0 Å². The number of amides is 1. The van der Waals surface area contributed by atoms with Crippen LogP contribution in [-0.2, 0) is 10.2 Å². The molecule has 1 N–H and O–H groups in total. The molecular weight excluding hydrogens is 282 g/mol. The average Bonchev–Trinajstić information content (AvgIpc) is 2.92. The molecule has 7 nitrogen and oxygen atoms in total. The van der Waals surface area contributed by atoms with E-state index in [0.717, 1.165) is 4.80 Å². The first kappa shape index (κ1) is 15.7. The Bertz CT molecular complexity index is 655. The third kappa shape index (κ3) is 4.15. The number of hydrogen-bond donors (Lipinski definition) is 1. The highest BCUT2D eigenvalue weighted by atomic mass is 16.5. The van der Waals surface area contributed by atoms with E-state index in [2.05, 4.69) is 48.1 Å². The quantitative estimate of drug-likeness (QED) is 0.914. The van der Waals surface area contributed by atoms with Crippen molar-refractivity contribution >= 4 is 18.1 Å². The van der Waals surface area contributed by atoms with Crippen molar-refractivity contribution in [2.75, 3.05) is 11.9 Å². The van der Waals surface area contributed by atoms with Crippen LogP contribution < -0.4 is 10.1 Å². The number of hydrogen-bond acceptors (Lipinski definition) is 5. The third-order valence-corrected chi connectivity index (χ3v) is 2.93. The molecule has 116 valence electrons. The molecule has 0 unspecified atom stereocenters. The molecule has 0 atom stereocenters. The minimum absolute atomic E-state index is 0.0819. The summed E-state index contributed by atoms with van der Waals surface area (Å²) in [5.41, 5.74) is 1.29. The summed E-state index contributed by atoms with van der Waals surface area (Å²) < 4.78 is 5.43. The summed E-state index contributed by atoms with van der Waals surface area (Å²) in [5, 5.41) is 13.6. The molecule has 1 aromatic heterocycles. The van der Waals surface area contributed by atoms with Crippen molar-refractivity contribution in [2.45, 2.75) is 26.2 Å². The lowest BCUT2D eigenvalue weighted by Crippen LogP contribution is -2.21. The van der Waals surface area contributed by atoms with E-state index in [1.165, 1.54) is 11.8 Å². The predicted octanol–water partition coefficient (Wildman–Crippen LogP) is 2.09. The lowest BCUT2D eigenvalue weighted by molar-refractivity contribution is -0.118. The molecule has 1 amide bonds. The minimum Gasteiger partial charge on any atom is -0.484 e. The normalized spacial score (nSPS) is 11.0. The van der Waals surface area contributed by atoms with Crippen LogP contribution in [0.25, 0.3) is 6.20 Å². The van der Waals surface area contributed by atoms with Crippen molar-refractivity contribution in [1.82, 2.24) is 20.2 Å². The fourth-order valence-electron chi connectivity index (χ4n) is 1.71. The number of carbonyl (C=O) groups is 1. The second kappa shape index (κ2) is 6.38. The molecule has 0 aliphatic heterocycles. The molecule has 0 saturated carbocycles. The Morgan fingerprint density at radius 1 is 1.36 bits per heavy atom. The van der Waals surface area contributed by atoms with Crippen LogP contribution in [0.2, 0.25) is 0 Å². The zero-order valence-corrected chi connectivity index (χ0v) is 12.9. The number of ether oxygens (including phenoxy) is 1. The van der Waals surface area contributed by atoms with Gasteiger partial charge in [-0.1, -0.05) is 44.6 Å². The fraction of sp³-hybridized carbons (Fsp3) is 0.333. The minimum atomic E-state index is -0.358. The summed E-state index contributed by atoms with van der Waals surface area (Å²) in [4.78, 5) is 12.9. The van der Waals surface area contributed by atoms with E-state index in [9.17, 15) is 4.79 Å². The van der Waals surface area contributed by atoms with Gasteiger partial charge >= 0.3 is 0 Å². The molecule has 0 aliphatic carbocycles. The van der Waals surface area contributed by atoms with Crippen LogP contribution in [0.1, 0.15) is 26.3 Å². The predicted molar refractivity (Wildman–Crippen MR) is 83.5 cm³/mol. The van der Waals surface area contributed by atoms with Gasteiger partial charge in [0.25, 0.3) is 11.9 Å². The molecule has 0 radical (unpaired) electrons. The van der Waals surface area contributed by atoms with E-state index < -0.39 is 0 Å². The van der Waals surface area contributed by atoms with E-state index >= 15 is 0 Å². The molecule has 2 rings (SSSR count). The molecule has 1 aromatic carbocycles. The van der Waals surface area contributed by atoms with E-state index in [1.54, 1.807) is 0 Å². The summed E-state index contributed by atoms with van der Waals surface area (Å²) in [6, 6.07) is 7.68. The Morgan fingerprint density at radius 3 is 2.59 bits per heavy atom. The summed E-state index contributed by atoms with van der Waals surface area (Å²) in [5.74, 6) is 0.381. The van der Waals surface area contributed by atoms with Gasteiger partial charge in [-0.15, -0.1) is 9.90 Å². The van der Waals surface area contributed by atoms with Crippen LogP contribution in [-0.4, -0.2) is 32.7 Å². The van der Waals surface area contributed by atoms with Gasteiger partial charge in [0.15, 0.2) is 6.61 Å². The summed E-state index contributed by atoms with van der Waals surface area (Å²) >= 11 is 0. The zero-order valence-electron chi connectivity index (χ0n) is 12.9. The topological polar surface area (TPSA) is 81.9 Å². The number of aromatic nitrogens is 4. The monoisotopic (exact) mass is 301 g/mol. The van der Waals surface area contributed by atoms with Crippen LogP contribution in [0.4, 0.5) is 5.95 Å². The van der Waals surface area contributed by atoms with Crippen LogP contribution in [0.3, 0.4) is 0 Å². The van der Waals surface area contributed by atoms with Crippen LogP contribution in [0.5, 0.6) is 5.75 Å². The van der Waals surface area contributed by atoms with Crippen molar-refractivity contribution in [2.24, 2.45) is 0 Å². The van der Waals surface area contributed by atoms with Gasteiger partial charge in [0, 0.05) is 6.20 Å². The molecule has 0 saturated heterocycles. The summed E-state index contributed by atoms with van der Waals surface area (Å²) in [6.07, 6.45) is 1.37. The SMILES string of the molecule is C=Cn1nnc(NC(=O)COc2ccc(C(C)(C)C)cc2)n1. The number of nitrogens with one attached hydrogen (secondary N) is 1. The molecule has 22 heavy (non-hydrogen) atoms. The Kier molecular flexibility index (Phi) is 4.55. The molecule has 7 heteroatoms. The van der Waals surface area contributed by atoms with E-state index in [0.29, 0.717) is 5.75 Å². The first-order valence-electron chi connectivity index (χ1n) is 6.84. The van der Waals surface area contributed by atoms with Crippen molar-refractivity contribution in [1.29, 1.82) is 0 Å². The van der Waals surface area contributed by atoms with Gasteiger partial charge in [-0.25, -0.2) is 0 Å². The third-order valence-electron chi connectivity index (χ3n) is 2.93. The highest BCUT2D eigenvalue weighted by Gasteiger charge is 2.13. The van der Waals surface area contributed by atoms with Gasteiger partial charge in [0.2, 0.25) is 0 Å². The maximum Gasteiger partial charge on any atom is 0.270 e. The lowest BCUT2D eigenvalue weighted by Gasteiger charge is -2.19. The molecular formula is C15H19N5O2. The molecule has 0 fully saturated rings. The van der Waals surface area contributed by atoms with Gasteiger partial charge in [0.1, 0.15) is 5.75 Å². The van der Waals surface area contributed by atoms with Gasteiger partial charge < -0.3 is 4.74 Å². The number of nitrogens with zero attached hydrogens (tertiary/aromatic N) is 4. The first-order valence-corrected chi connectivity index (χ1v) is 6.84. The number of anilines is 1. The Labute approximate surface area is 129 Å². The number of rotatable bonds is 5. The molecule has 0 aliphatic rings. The largest absolute Gasteiger partial charge is 0.484 e. The van der Waals surface area contributed by atoms with Crippen LogP contribution in [0.15, 0.2) is 30.8 Å². The molecule has 0 spiro atoms. The lowest BCUT2D eigenvalue weighted by atomic mass is 9.87. The number of benzene rings is 1. The Balaban J connectivity index is 1.87. The molecule has 1 heterocycles. The van der Waals surface area contributed by atoms with Gasteiger partial charge in [0.05, 0.1) is 0 Å². The highest BCUT2D eigenvalue weighted by molar-refractivity contribution is 5.90. The Morgan fingerprint density at radius 2 is 2.05 bits per heavy atom. The maximum atomic E-state index is 11.7. The fourth-order valence-corrected chi connectivity index (χ4v) is 1.71. The van der Waals surface area contributed by atoms with Crippen molar-refractivity contribution in [3.05, 3.63) is 36.4 Å².